The van der Waals surface area contributed by atoms with Crippen molar-refractivity contribution in [2.75, 3.05) is 26.2 Å². The summed E-state index contributed by atoms with van der Waals surface area (Å²) in [4.78, 5) is 16.7. The number of hydrogen-bond acceptors (Lipinski definition) is 5. The van der Waals surface area contributed by atoms with Gasteiger partial charge in [0.05, 0.1) is 6.54 Å². The topological polar surface area (TPSA) is 62.5 Å². The van der Waals surface area contributed by atoms with E-state index in [1.165, 1.54) is 0 Å². The summed E-state index contributed by atoms with van der Waals surface area (Å²) in [6, 6.07) is 15.1. The zero-order valence-electron chi connectivity index (χ0n) is 15.6. The van der Waals surface area contributed by atoms with Crippen molar-refractivity contribution >= 4 is 17.5 Å². The average Bonchev–Trinajstić information content (AvgIpc) is 3.17. The lowest BCUT2D eigenvalue weighted by Crippen LogP contribution is -2.48. The number of hydrogen-bond donors (Lipinski definition) is 0. The minimum absolute atomic E-state index is 0.0154. The van der Waals surface area contributed by atoms with Crippen molar-refractivity contribution in [2.24, 2.45) is 0 Å². The molecule has 0 radical (unpaired) electrons. The van der Waals surface area contributed by atoms with Crippen LogP contribution in [0.2, 0.25) is 5.02 Å². The molecule has 7 heteroatoms. The molecule has 4 rings (SSSR count). The van der Waals surface area contributed by atoms with Gasteiger partial charge in [0.25, 0.3) is 5.91 Å². The lowest BCUT2D eigenvalue weighted by molar-refractivity contribution is 0.0618. The molecule has 1 saturated heterocycles. The Morgan fingerprint density at radius 1 is 1.07 bits per heavy atom. The van der Waals surface area contributed by atoms with Gasteiger partial charge >= 0.3 is 0 Å². The second-order valence-electron chi connectivity index (χ2n) is 6.95. The Morgan fingerprint density at radius 3 is 2.61 bits per heavy atom. The van der Waals surface area contributed by atoms with Gasteiger partial charge in [-0.05, 0) is 37.3 Å². The largest absolute Gasteiger partial charge is 0.419 e. The van der Waals surface area contributed by atoms with Crippen LogP contribution in [0.5, 0.6) is 0 Å². The zero-order valence-corrected chi connectivity index (χ0v) is 16.4. The average molecular weight is 397 g/mol. The molecule has 0 aliphatic carbocycles. The monoisotopic (exact) mass is 396 g/mol. The van der Waals surface area contributed by atoms with E-state index in [9.17, 15) is 4.79 Å². The molecule has 0 unspecified atom stereocenters. The molecule has 144 valence electrons. The van der Waals surface area contributed by atoms with Gasteiger partial charge in [-0.25, -0.2) is 0 Å². The fourth-order valence-corrected chi connectivity index (χ4v) is 3.51. The van der Waals surface area contributed by atoms with E-state index < -0.39 is 0 Å². The van der Waals surface area contributed by atoms with E-state index in [0.29, 0.717) is 42.0 Å². The Kier molecular flexibility index (Phi) is 5.41. The molecule has 3 aromatic rings. The molecule has 2 aromatic carbocycles. The molecule has 2 heterocycles. The smallest absolute Gasteiger partial charge is 0.253 e. The number of carbonyl (C=O) groups is 1. The van der Waals surface area contributed by atoms with Gasteiger partial charge < -0.3 is 9.32 Å². The van der Waals surface area contributed by atoms with Crippen molar-refractivity contribution in [3.05, 3.63) is 70.6 Å². The van der Waals surface area contributed by atoms with E-state index in [1.807, 2.05) is 36.1 Å². The minimum atomic E-state index is 0.0154. The molecule has 0 saturated carbocycles. The molecule has 0 N–H and O–H groups in total. The van der Waals surface area contributed by atoms with Gasteiger partial charge in [-0.1, -0.05) is 35.4 Å². The van der Waals surface area contributed by atoms with E-state index >= 15 is 0 Å². The number of rotatable bonds is 4. The lowest BCUT2D eigenvalue weighted by Gasteiger charge is -2.34. The Bertz CT molecular complexity index is 980. The third kappa shape index (κ3) is 4.24. The second kappa shape index (κ2) is 8.12. The predicted octanol–water partition coefficient (Wildman–Crippen LogP) is 3.66. The first-order valence-corrected chi connectivity index (χ1v) is 9.63. The number of amides is 1. The highest BCUT2D eigenvalue weighted by atomic mass is 35.5. The summed E-state index contributed by atoms with van der Waals surface area (Å²) in [6.45, 7) is 5.44. The fraction of sp³-hybridized carbons (Fsp3) is 0.286. The maximum absolute atomic E-state index is 12.6. The van der Waals surface area contributed by atoms with Crippen LogP contribution in [-0.2, 0) is 6.54 Å². The van der Waals surface area contributed by atoms with Crippen LogP contribution in [0, 0.1) is 6.92 Å². The number of nitrogens with zero attached hydrogens (tertiary/aromatic N) is 4. The molecule has 1 amide bonds. The number of piperazine rings is 1. The summed E-state index contributed by atoms with van der Waals surface area (Å²) in [6.07, 6.45) is 0. The second-order valence-corrected chi connectivity index (χ2v) is 7.39. The summed E-state index contributed by atoms with van der Waals surface area (Å²) < 4.78 is 5.83. The Morgan fingerprint density at radius 2 is 1.86 bits per heavy atom. The molecule has 1 aliphatic heterocycles. The molecular formula is C21H21ClN4O2. The third-order valence-corrected chi connectivity index (χ3v) is 5.06. The van der Waals surface area contributed by atoms with Crippen LogP contribution < -0.4 is 0 Å². The predicted molar refractivity (Wildman–Crippen MR) is 107 cm³/mol. The Hall–Kier alpha value is -2.70. The van der Waals surface area contributed by atoms with E-state index in [0.717, 1.165) is 24.2 Å². The lowest BCUT2D eigenvalue weighted by atomic mass is 10.1. The van der Waals surface area contributed by atoms with Gasteiger partial charge in [-0.3, -0.25) is 9.69 Å². The van der Waals surface area contributed by atoms with E-state index in [2.05, 4.69) is 15.1 Å². The van der Waals surface area contributed by atoms with Crippen molar-refractivity contribution in [1.82, 2.24) is 20.0 Å². The first-order chi connectivity index (χ1) is 13.6. The number of carbonyl (C=O) groups excluding carboxylic acids is 1. The van der Waals surface area contributed by atoms with E-state index in [-0.39, 0.29) is 5.91 Å². The Balaban J connectivity index is 1.34. The van der Waals surface area contributed by atoms with Gasteiger partial charge in [0.1, 0.15) is 0 Å². The molecule has 0 atom stereocenters. The first kappa shape index (κ1) is 18.7. The van der Waals surface area contributed by atoms with Crippen LogP contribution in [0.15, 0.2) is 52.9 Å². The maximum Gasteiger partial charge on any atom is 0.253 e. The van der Waals surface area contributed by atoms with Gasteiger partial charge in [0, 0.05) is 42.3 Å². The summed E-state index contributed by atoms with van der Waals surface area (Å²) in [5.41, 5.74) is 2.70. The summed E-state index contributed by atoms with van der Waals surface area (Å²) in [5.74, 6) is 1.14. The van der Waals surface area contributed by atoms with E-state index in [4.69, 9.17) is 16.0 Å². The van der Waals surface area contributed by atoms with Crippen LogP contribution in [-0.4, -0.2) is 52.1 Å². The van der Waals surface area contributed by atoms with Crippen LogP contribution in [0.4, 0.5) is 0 Å². The maximum atomic E-state index is 12.6. The molecule has 1 fully saturated rings. The van der Waals surface area contributed by atoms with Crippen LogP contribution in [0.25, 0.3) is 11.5 Å². The quantitative estimate of drug-likeness (QED) is 0.673. The number of halogens is 1. The molecule has 6 nitrogen and oxygen atoms in total. The highest BCUT2D eigenvalue weighted by molar-refractivity contribution is 6.30. The van der Waals surface area contributed by atoms with Gasteiger partial charge in [-0.15, -0.1) is 10.2 Å². The standard InChI is InChI=1S/C21H21ClN4O2/c1-15-4-2-5-16(12-15)20-24-23-19(28-20)14-25-8-10-26(11-9-25)21(27)17-6-3-7-18(22)13-17/h2-7,12-13H,8-11,14H2,1H3. The van der Waals surface area contributed by atoms with Gasteiger partial charge in [-0.2, -0.15) is 0 Å². The highest BCUT2D eigenvalue weighted by Gasteiger charge is 2.23. The zero-order chi connectivity index (χ0) is 19.5. The van der Waals surface area contributed by atoms with Crippen LogP contribution in [0.3, 0.4) is 0 Å². The number of benzene rings is 2. The molecule has 0 spiro atoms. The van der Waals surface area contributed by atoms with Crippen LogP contribution >= 0.6 is 11.6 Å². The van der Waals surface area contributed by atoms with Crippen molar-refractivity contribution < 1.29 is 9.21 Å². The molecule has 1 aliphatic rings. The van der Waals surface area contributed by atoms with Crippen molar-refractivity contribution in [1.29, 1.82) is 0 Å². The number of aryl methyl sites for hydroxylation is 1. The molecule has 0 bridgehead atoms. The van der Waals surface area contributed by atoms with E-state index in [1.54, 1.807) is 24.3 Å². The van der Waals surface area contributed by atoms with Gasteiger partial charge in [0.2, 0.25) is 11.8 Å². The normalized spacial score (nSPS) is 15.0. The summed E-state index contributed by atoms with van der Waals surface area (Å²) in [5, 5.41) is 8.91. The third-order valence-electron chi connectivity index (χ3n) is 4.82. The SMILES string of the molecule is Cc1cccc(-c2nnc(CN3CCN(C(=O)c4cccc(Cl)c4)CC3)o2)c1. The number of aromatic nitrogens is 2. The van der Waals surface area contributed by atoms with Crippen molar-refractivity contribution in [2.45, 2.75) is 13.5 Å². The molecular weight excluding hydrogens is 376 g/mol. The summed E-state index contributed by atoms with van der Waals surface area (Å²) in [7, 11) is 0. The fourth-order valence-electron chi connectivity index (χ4n) is 3.32. The van der Waals surface area contributed by atoms with Gasteiger partial charge in [0.15, 0.2) is 0 Å². The molecule has 28 heavy (non-hydrogen) atoms. The van der Waals surface area contributed by atoms with Crippen LogP contribution in [0.1, 0.15) is 21.8 Å². The Labute approximate surface area is 168 Å². The van der Waals surface area contributed by atoms with Crippen molar-refractivity contribution in [3.63, 3.8) is 0 Å². The van der Waals surface area contributed by atoms with Crippen molar-refractivity contribution in [3.8, 4) is 11.5 Å². The highest BCUT2D eigenvalue weighted by Crippen LogP contribution is 2.20. The minimum Gasteiger partial charge on any atom is -0.419 e. The first-order valence-electron chi connectivity index (χ1n) is 9.25. The molecule has 1 aromatic heterocycles. The summed E-state index contributed by atoms with van der Waals surface area (Å²) >= 11 is 5.99.